The Morgan fingerprint density at radius 1 is 1.82 bits per heavy atom. The lowest BCUT2D eigenvalue weighted by atomic mass is 10.4. The van der Waals surface area contributed by atoms with E-state index in [-0.39, 0.29) is 6.04 Å². The third-order valence-electron chi connectivity index (χ3n) is 1.02. The molecule has 1 aromatic rings. The molecule has 0 saturated carbocycles. The summed E-state index contributed by atoms with van der Waals surface area (Å²) in [6, 6.07) is 0.150. The summed E-state index contributed by atoms with van der Waals surface area (Å²) in [5.74, 6) is 6.26. The number of rotatable bonds is 3. The molecule has 0 spiro atoms. The molecule has 1 aromatic heterocycles. The van der Waals surface area contributed by atoms with Gasteiger partial charge in [-0.15, -0.1) is 10.2 Å². The Morgan fingerprint density at radius 2 is 2.55 bits per heavy atom. The highest BCUT2D eigenvalue weighted by molar-refractivity contribution is 7.99. The van der Waals surface area contributed by atoms with Gasteiger partial charge >= 0.3 is 0 Å². The van der Waals surface area contributed by atoms with Crippen molar-refractivity contribution in [2.45, 2.75) is 18.1 Å². The van der Waals surface area contributed by atoms with E-state index in [0.29, 0.717) is 5.16 Å². The number of nitrogen functional groups attached to an aromatic ring is 1. The molecule has 1 rings (SSSR count). The fourth-order valence-corrected chi connectivity index (χ4v) is 1.25. The van der Waals surface area contributed by atoms with Crippen LogP contribution in [0.4, 0.5) is 0 Å². The first-order valence-corrected chi connectivity index (χ1v) is 4.22. The van der Waals surface area contributed by atoms with E-state index in [4.69, 9.17) is 11.6 Å². The van der Waals surface area contributed by atoms with Crippen molar-refractivity contribution in [2.75, 3.05) is 11.6 Å². The highest BCUT2D eigenvalue weighted by atomic mass is 32.2. The molecular formula is C5H11N5S. The van der Waals surface area contributed by atoms with Gasteiger partial charge in [-0.3, -0.25) is 0 Å². The highest BCUT2D eigenvalue weighted by Crippen LogP contribution is 2.12. The molecule has 6 heteroatoms. The minimum absolute atomic E-state index is 0.150. The first-order valence-electron chi connectivity index (χ1n) is 3.23. The zero-order valence-corrected chi connectivity index (χ0v) is 7.08. The maximum absolute atomic E-state index is 5.54. The van der Waals surface area contributed by atoms with Gasteiger partial charge in [0.15, 0.2) is 0 Å². The van der Waals surface area contributed by atoms with Crippen LogP contribution in [0.3, 0.4) is 0 Å². The van der Waals surface area contributed by atoms with Gasteiger partial charge < -0.3 is 11.6 Å². The third-order valence-corrected chi connectivity index (χ3v) is 2.26. The maximum Gasteiger partial charge on any atom is 0.209 e. The lowest BCUT2D eigenvalue weighted by Gasteiger charge is -2.02. The van der Waals surface area contributed by atoms with Crippen LogP contribution in [0.5, 0.6) is 0 Å². The van der Waals surface area contributed by atoms with E-state index in [1.807, 2.05) is 6.92 Å². The molecule has 0 saturated heterocycles. The van der Waals surface area contributed by atoms with Crippen LogP contribution in [0.2, 0.25) is 0 Å². The first-order chi connectivity index (χ1) is 5.20. The molecular weight excluding hydrogens is 162 g/mol. The zero-order chi connectivity index (χ0) is 8.27. The molecule has 1 atom stereocenters. The minimum Gasteiger partial charge on any atom is -0.336 e. The number of hydrogen-bond donors (Lipinski definition) is 2. The van der Waals surface area contributed by atoms with Crippen LogP contribution in [0.15, 0.2) is 11.5 Å². The number of thioether (sulfide) groups is 1. The van der Waals surface area contributed by atoms with Crippen LogP contribution in [-0.2, 0) is 0 Å². The van der Waals surface area contributed by atoms with Gasteiger partial charge in [0.25, 0.3) is 0 Å². The average molecular weight is 173 g/mol. The number of aromatic nitrogens is 3. The first kappa shape index (κ1) is 8.35. The molecule has 11 heavy (non-hydrogen) atoms. The van der Waals surface area contributed by atoms with E-state index in [1.54, 1.807) is 0 Å². The highest BCUT2D eigenvalue weighted by Gasteiger charge is 2.02. The fourth-order valence-electron chi connectivity index (χ4n) is 0.541. The van der Waals surface area contributed by atoms with Crippen molar-refractivity contribution in [3.63, 3.8) is 0 Å². The maximum atomic E-state index is 5.54. The molecule has 0 amide bonds. The molecule has 0 fully saturated rings. The topological polar surface area (TPSA) is 82.8 Å². The van der Waals surface area contributed by atoms with Crippen molar-refractivity contribution < 1.29 is 0 Å². The van der Waals surface area contributed by atoms with Gasteiger partial charge in [-0.05, 0) is 6.92 Å². The van der Waals surface area contributed by atoms with Crippen molar-refractivity contribution in [2.24, 2.45) is 5.73 Å². The molecule has 0 aromatic carbocycles. The van der Waals surface area contributed by atoms with Crippen molar-refractivity contribution in [3.05, 3.63) is 6.33 Å². The summed E-state index contributed by atoms with van der Waals surface area (Å²) in [5.41, 5.74) is 5.54. The molecule has 1 unspecified atom stereocenters. The second-order valence-corrected chi connectivity index (χ2v) is 3.30. The Balaban J connectivity index is 2.44. The number of nitrogens with zero attached hydrogens (tertiary/aromatic N) is 3. The molecule has 1 heterocycles. The van der Waals surface area contributed by atoms with Gasteiger partial charge in [0, 0.05) is 11.8 Å². The van der Waals surface area contributed by atoms with Gasteiger partial charge in [0.05, 0.1) is 0 Å². The van der Waals surface area contributed by atoms with Crippen LogP contribution in [0.25, 0.3) is 0 Å². The molecule has 0 aliphatic carbocycles. The Labute approximate surface area is 69.1 Å². The van der Waals surface area contributed by atoms with Crippen LogP contribution in [0.1, 0.15) is 6.92 Å². The second kappa shape index (κ2) is 3.59. The summed E-state index contributed by atoms with van der Waals surface area (Å²) in [6.07, 6.45) is 1.46. The van der Waals surface area contributed by atoms with Crippen molar-refractivity contribution in [3.8, 4) is 0 Å². The molecule has 0 bridgehead atoms. The van der Waals surface area contributed by atoms with Crippen LogP contribution >= 0.6 is 11.8 Å². The van der Waals surface area contributed by atoms with Crippen molar-refractivity contribution >= 4 is 11.8 Å². The van der Waals surface area contributed by atoms with Gasteiger partial charge in [0.1, 0.15) is 6.33 Å². The summed E-state index contributed by atoms with van der Waals surface area (Å²) in [7, 11) is 0. The molecule has 0 aliphatic heterocycles. The monoisotopic (exact) mass is 173 g/mol. The van der Waals surface area contributed by atoms with E-state index in [0.717, 1.165) is 5.75 Å². The standard InChI is InChI=1S/C5H11N5S/c1-4(6)2-11-5-9-8-3-10(5)7/h3-4H,2,6-7H2,1H3. The Kier molecular flexibility index (Phi) is 2.72. The summed E-state index contributed by atoms with van der Waals surface area (Å²) in [6.45, 7) is 1.93. The van der Waals surface area contributed by atoms with E-state index in [9.17, 15) is 0 Å². The van der Waals surface area contributed by atoms with Gasteiger partial charge in [-0.1, -0.05) is 11.8 Å². The third kappa shape index (κ3) is 2.39. The molecule has 0 radical (unpaired) electrons. The normalized spacial score (nSPS) is 13.3. The Bertz CT molecular complexity index is 220. The van der Waals surface area contributed by atoms with Crippen LogP contribution < -0.4 is 11.6 Å². The van der Waals surface area contributed by atoms with Gasteiger partial charge in [-0.2, -0.15) is 0 Å². The predicted molar refractivity (Wildman–Crippen MR) is 44.5 cm³/mol. The lowest BCUT2D eigenvalue weighted by Crippen LogP contribution is -2.18. The largest absolute Gasteiger partial charge is 0.336 e. The summed E-state index contributed by atoms with van der Waals surface area (Å²) < 4.78 is 1.38. The van der Waals surface area contributed by atoms with Crippen LogP contribution in [-0.4, -0.2) is 26.7 Å². The SMILES string of the molecule is CC(N)CSc1nncn1N. The van der Waals surface area contributed by atoms with E-state index < -0.39 is 0 Å². The smallest absolute Gasteiger partial charge is 0.209 e. The summed E-state index contributed by atoms with van der Waals surface area (Å²) >= 11 is 1.50. The Hall–Kier alpha value is -0.750. The van der Waals surface area contributed by atoms with Gasteiger partial charge in [0.2, 0.25) is 5.16 Å². The minimum atomic E-state index is 0.150. The fraction of sp³-hybridized carbons (Fsp3) is 0.600. The van der Waals surface area contributed by atoms with E-state index in [2.05, 4.69) is 10.2 Å². The number of hydrogen-bond acceptors (Lipinski definition) is 5. The quantitative estimate of drug-likeness (QED) is 0.472. The molecule has 4 N–H and O–H groups in total. The van der Waals surface area contributed by atoms with Gasteiger partial charge in [-0.25, -0.2) is 4.68 Å². The van der Waals surface area contributed by atoms with E-state index in [1.165, 1.54) is 22.8 Å². The molecule has 5 nitrogen and oxygen atoms in total. The van der Waals surface area contributed by atoms with Crippen LogP contribution in [0, 0.1) is 0 Å². The Morgan fingerprint density at radius 3 is 3.00 bits per heavy atom. The zero-order valence-electron chi connectivity index (χ0n) is 6.27. The number of nitrogens with two attached hydrogens (primary N) is 2. The molecule has 0 aliphatic rings. The second-order valence-electron chi connectivity index (χ2n) is 2.31. The molecule has 62 valence electrons. The lowest BCUT2D eigenvalue weighted by molar-refractivity contribution is 0.820. The summed E-state index contributed by atoms with van der Waals surface area (Å²) in [4.78, 5) is 0. The van der Waals surface area contributed by atoms with E-state index >= 15 is 0 Å². The summed E-state index contributed by atoms with van der Waals surface area (Å²) in [5, 5.41) is 8.11. The predicted octanol–water partition coefficient (Wildman–Crippen LogP) is -0.569. The van der Waals surface area contributed by atoms with Crippen molar-refractivity contribution in [1.82, 2.24) is 14.9 Å². The average Bonchev–Trinajstić information content (AvgIpc) is 2.31. The van der Waals surface area contributed by atoms with Crippen molar-refractivity contribution in [1.29, 1.82) is 0 Å².